The van der Waals surface area contributed by atoms with E-state index in [1.807, 2.05) is 45.2 Å². The summed E-state index contributed by atoms with van der Waals surface area (Å²) in [6.07, 6.45) is 1.56. The molecule has 1 saturated heterocycles. The van der Waals surface area contributed by atoms with E-state index < -0.39 is 11.0 Å². The van der Waals surface area contributed by atoms with E-state index in [9.17, 15) is 9.59 Å². The van der Waals surface area contributed by atoms with E-state index in [0.717, 1.165) is 0 Å². The van der Waals surface area contributed by atoms with Gasteiger partial charge in [0.15, 0.2) is 0 Å². The summed E-state index contributed by atoms with van der Waals surface area (Å²) in [6, 6.07) is 4.04. The van der Waals surface area contributed by atoms with E-state index in [1.165, 1.54) is 4.88 Å². The molecule has 1 fully saturated rings. The fourth-order valence-electron chi connectivity index (χ4n) is 2.93. The predicted molar refractivity (Wildman–Crippen MR) is 94.1 cm³/mol. The molecule has 0 bridgehead atoms. The Bertz CT molecular complexity index is 554. The standard InChI is InChI=1S/C18H27NO4S/c1-5-22-15(20)18(13-14-7-6-12-24-14)8-10-19(11-9-18)16(21)23-17(2,3)4/h6-7,12H,5,8-11,13H2,1-4H3. The highest BCUT2D eigenvalue weighted by molar-refractivity contribution is 7.09. The molecule has 1 aliphatic rings. The smallest absolute Gasteiger partial charge is 0.410 e. The molecule has 0 unspecified atom stereocenters. The van der Waals surface area contributed by atoms with Crippen LogP contribution in [0.5, 0.6) is 0 Å². The molecule has 0 aliphatic carbocycles. The number of nitrogens with zero attached hydrogens (tertiary/aromatic N) is 1. The summed E-state index contributed by atoms with van der Waals surface area (Å²) in [6.45, 7) is 8.79. The van der Waals surface area contributed by atoms with Gasteiger partial charge < -0.3 is 14.4 Å². The molecule has 1 aromatic heterocycles. The number of thiophene rings is 1. The maximum Gasteiger partial charge on any atom is 0.410 e. The van der Waals surface area contributed by atoms with Gasteiger partial charge in [-0.15, -0.1) is 11.3 Å². The first-order valence-corrected chi connectivity index (χ1v) is 9.31. The number of ether oxygens (including phenoxy) is 2. The maximum absolute atomic E-state index is 12.6. The minimum absolute atomic E-state index is 0.151. The van der Waals surface area contributed by atoms with Crippen LogP contribution in [0.2, 0.25) is 0 Å². The summed E-state index contributed by atoms with van der Waals surface area (Å²) in [5.41, 5.74) is -1.05. The monoisotopic (exact) mass is 353 g/mol. The minimum atomic E-state index is -0.542. The summed E-state index contributed by atoms with van der Waals surface area (Å²) in [4.78, 5) is 27.7. The van der Waals surface area contributed by atoms with Gasteiger partial charge >= 0.3 is 12.1 Å². The van der Waals surface area contributed by atoms with E-state index in [4.69, 9.17) is 9.47 Å². The van der Waals surface area contributed by atoms with E-state index in [2.05, 4.69) is 0 Å². The number of likely N-dealkylation sites (tertiary alicyclic amines) is 1. The van der Waals surface area contributed by atoms with Gasteiger partial charge in [0, 0.05) is 18.0 Å². The van der Waals surface area contributed by atoms with Crippen LogP contribution in [0.25, 0.3) is 0 Å². The normalized spacial score (nSPS) is 17.4. The third kappa shape index (κ3) is 4.72. The number of rotatable bonds is 4. The van der Waals surface area contributed by atoms with Crippen molar-refractivity contribution in [2.45, 2.75) is 52.6 Å². The Balaban J connectivity index is 2.06. The second-order valence-electron chi connectivity index (χ2n) is 7.22. The molecule has 6 heteroatoms. The first-order chi connectivity index (χ1) is 11.3. The van der Waals surface area contributed by atoms with Crippen molar-refractivity contribution in [3.63, 3.8) is 0 Å². The molecule has 1 aromatic rings. The first kappa shape index (κ1) is 18.8. The Labute approximate surface area is 147 Å². The van der Waals surface area contributed by atoms with Gasteiger partial charge in [-0.25, -0.2) is 4.79 Å². The fourth-order valence-corrected chi connectivity index (χ4v) is 3.78. The Morgan fingerprint density at radius 1 is 1.29 bits per heavy atom. The molecule has 134 valence electrons. The minimum Gasteiger partial charge on any atom is -0.466 e. The second kappa shape index (κ2) is 7.55. The van der Waals surface area contributed by atoms with Gasteiger partial charge in [-0.05, 0) is 58.4 Å². The third-order valence-corrected chi connectivity index (χ3v) is 5.05. The average molecular weight is 353 g/mol. The van der Waals surface area contributed by atoms with Crippen LogP contribution < -0.4 is 0 Å². The highest BCUT2D eigenvalue weighted by Gasteiger charge is 2.44. The Morgan fingerprint density at radius 2 is 1.96 bits per heavy atom. The van der Waals surface area contributed by atoms with Crippen LogP contribution in [0.15, 0.2) is 17.5 Å². The molecule has 2 heterocycles. The van der Waals surface area contributed by atoms with Gasteiger partial charge in [0.2, 0.25) is 0 Å². The van der Waals surface area contributed by atoms with Crippen molar-refractivity contribution < 1.29 is 19.1 Å². The number of piperidine rings is 1. The lowest BCUT2D eigenvalue weighted by molar-refractivity contribution is -0.158. The van der Waals surface area contributed by atoms with Gasteiger partial charge in [0.05, 0.1) is 12.0 Å². The van der Waals surface area contributed by atoms with E-state index >= 15 is 0 Å². The van der Waals surface area contributed by atoms with Crippen molar-refractivity contribution in [2.75, 3.05) is 19.7 Å². The zero-order valence-corrected chi connectivity index (χ0v) is 15.8. The van der Waals surface area contributed by atoms with Crippen LogP contribution in [0.4, 0.5) is 4.79 Å². The molecule has 0 spiro atoms. The summed E-state index contributed by atoms with van der Waals surface area (Å²) in [7, 11) is 0. The Kier molecular flexibility index (Phi) is 5.91. The number of hydrogen-bond acceptors (Lipinski definition) is 5. The lowest BCUT2D eigenvalue weighted by Crippen LogP contribution is -2.49. The average Bonchev–Trinajstić information content (AvgIpc) is 2.99. The van der Waals surface area contributed by atoms with Crippen LogP contribution in [-0.4, -0.2) is 42.3 Å². The maximum atomic E-state index is 12.6. The summed E-state index contributed by atoms with van der Waals surface area (Å²) < 4.78 is 10.8. The molecule has 0 N–H and O–H groups in total. The number of amides is 1. The second-order valence-corrected chi connectivity index (χ2v) is 8.26. The molecule has 24 heavy (non-hydrogen) atoms. The summed E-state index contributed by atoms with van der Waals surface area (Å²) in [5, 5.41) is 2.02. The molecule has 5 nitrogen and oxygen atoms in total. The number of carbonyl (C=O) groups is 2. The summed E-state index contributed by atoms with van der Waals surface area (Å²) >= 11 is 1.65. The highest BCUT2D eigenvalue weighted by atomic mass is 32.1. The third-order valence-electron chi connectivity index (χ3n) is 4.17. The predicted octanol–water partition coefficient (Wildman–Crippen LogP) is 3.87. The molecule has 0 aromatic carbocycles. The van der Waals surface area contributed by atoms with Crippen LogP contribution in [0, 0.1) is 5.41 Å². The highest BCUT2D eigenvalue weighted by Crippen LogP contribution is 2.38. The van der Waals surface area contributed by atoms with Gasteiger partial charge in [0.1, 0.15) is 5.60 Å². The fraction of sp³-hybridized carbons (Fsp3) is 0.667. The molecule has 0 radical (unpaired) electrons. The van der Waals surface area contributed by atoms with Crippen molar-refractivity contribution >= 4 is 23.4 Å². The molecule has 0 atom stereocenters. The van der Waals surface area contributed by atoms with E-state index in [-0.39, 0.29) is 12.1 Å². The zero-order valence-electron chi connectivity index (χ0n) is 15.0. The lowest BCUT2D eigenvalue weighted by Gasteiger charge is -2.40. The molecule has 1 amide bonds. The van der Waals surface area contributed by atoms with Crippen LogP contribution in [-0.2, 0) is 20.7 Å². The van der Waals surface area contributed by atoms with Gasteiger partial charge in [-0.3, -0.25) is 4.79 Å². The van der Waals surface area contributed by atoms with Crippen molar-refractivity contribution in [1.29, 1.82) is 0 Å². The molecular formula is C18H27NO4S. The van der Waals surface area contributed by atoms with Crippen molar-refractivity contribution in [1.82, 2.24) is 4.90 Å². The summed E-state index contributed by atoms with van der Waals surface area (Å²) in [5.74, 6) is -0.151. The largest absolute Gasteiger partial charge is 0.466 e. The number of hydrogen-bond donors (Lipinski definition) is 0. The van der Waals surface area contributed by atoms with E-state index in [0.29, 0.717) is 39.0 Å². The Hall–Kier alpha value is -1.56. The first-order valence-electron chi connectivity index (χ1n) is 8.43. The Morgan fingerprint density at radius 3 is 2.46 bits per heavy atom. The van der Waals surface area contributed by atoms with Crippen LogP contribution >= 0.6 is 11.3 Å². The molecule has 0 saturated carbocycles. The number of carbonyl (C=O) groups excluding carboxylic acids is 2. The number of esters is 1. The van der Waals surface area contributed by atoms with Gasteiger partial charge in [-0.1, -0.05) is 6.07 Å². The quantitative estimate of drug-likeness (QED) is 0.771. The van der Waals surface area contributed by atoms with Crippen LogP contribution in [0.3, 0.4) is 0 Å². The van der Waals surface area contributed by atoms with Crippen molar-refractivity contribution in [2.24, 2.45) is 5.41 Å². The SMILES string of the molecule is CCOC(=O)C1(Cc2cccs2)CCN(C(=O)OC(C)(C)C)CC1. The van der Waals surface area contributed by atoms with E-state index in [1.54, 1.807) is 16.2 Å². The molecule has 1 aliphatic heterocycles. The molecular weight excluding hydrogens is 326 g/mol. The van der Waals surface area contributed by atoms with Gasteiger partial charge in [-0.2, -0.15) is 0 Å². The zero-order chi connectivity index (χ0) is 17.8. The topological polar surface area (TPSA) is 55.8 Å². The van der Waals surface area contributed by atoms with Crippen molar-refractivity contribution in [3.05, 3.63) is 22.4 Å². The lowest BCUT2D eigenvalue weighted by atomic mass is 9.75. The van der Waals surface area contributed by atoms with Crippen LogP contribution in [0.1, 0.15) is 45.4 Å². The molecule has 2 rings (SSSR count). The van der Waals surface area contributed by atoms with Crippen molar-refractivity contribution in [3.8, 4) is 0 Å². The van der Waals surface area contributed by atoms with Gasteiger partial charge in [0.25, 0.3) is 0 Å².